The molecule has 16 heteroatoms. The van der Waals surface area contributed by atoms with Gasteiger partial charge in [0.15, 0.2) is 5.75 Å². The summed E-state index contributed by atoms with van der Waals surface area (Å²) >= 11 is 0. The Morgan fingerprint density at radius 1 is 0.982 bits per heavy atom. The second-order valence-electron chi connectivity index (χ2n) is 14.4. The van der Waals surface area contributed by atoms with E-state index in [0.29, 0.717) is 0 Å². The molecule has 0 spiro atoms. The molecular formula is C40H52N2O14. The average Bonchev–Trinajstić information content (AvgIpc) is 3.42. The summed E-state index contributed by atoms with van der Waals surface area (Å²) in [6.45, 7) is 11.7. The highest BCUT2D eigenvalue weighted by Crippen LogP contribution is 2.55. The number of oxime groups is 1. The molecule has 306 valence electrons. The third kappa shape index (κ3) is 8.48. The molecule has 0 saturated carbocycles. The third-order valence-corrected chi connectivity index (χ3v) is 10.5. The number of hydrogen-bond acceptors (Lipinski definition) is 15. The number of carbonyl (C=O) groups is 3. The summed E-state index contributed by atoms with van der Waals surface area (Å²) in [7, 11) is 1.41. The van der Waals surface area contributed by atoms with E-state index in [1.807, 2.05) is 0 Å². The fraction of sp³-hybridized carbons (Fsp3) is 0.500. The summed E-state index contributed by atoms with van der Waals surface area (Å²) in [4.78, 5) is 45.0. The van der Waals surface area contributed by atoms with Crippen LogP contribution in [0.3, 0.4) is 0 Å². The SMILES string of the molecule is CO[C@H]1/C=C/O[C@@]2(C)Oc3c(C)c(O)c4c(O)c(c(/C=N/OCCO)c(O)c4c3C2=O)NC(=O)/C(C)=C\C=C\[C@H](C)[C@H](O)[C@@H](C)[C@@H](O)[C@@H](C)[C@H](OC(C)=O)[C@@H]1C. The highest BCUT2D eigenvalue weighted by Gasteiger charge is 2.50. The average molecular weight is 785 g/mol. The molecule has 2 aromatic carbocycles. The lowest BCUT2D eigenvalue weighted by molar-refractivity contribution is -0.160. The minimum atomic E-state index is -2.08. The fourth-order valence-electron chi connectivity index (χ4n) is 7.06. The van der Waals surface area contributed by atoms with Gasteiger partial charge in [-0.1, -0.05) is 51.1 Å². The molecule has 5 bridgehead atoms. The Hall–Kier alpha value is -5.16. The van der Waals surface area contributed by atoms with Gasteiger partial charge in [0.05, 0.1) is 59.6 Å². The van der Waals surface area contributed by atoms with E-state index in [4.69, 9.17) is 28.9 Å². The van der Waals surface area contributed by atoms with Gasteiger partial charge < -0.3 is 59.7 Å². The van der Waals surface area contributed by atoms with Crippen molar-refractivity contribution in [2.45, 2.75) is 85.6 Å². The third-order valence-electron chi connectivity index (χ3n) is 10.5. The van der Waals surface area contributed by atoms with Crippen LogP contribution in [0.15, 0.2) is 41.3 Å². The van der Waals surface area contributed by atoms with E-state index in [0.717, 1.165) is 12.5 Å². The number of ketones is 1. The number of aliphatic hydroxyl groups is 3. The molecule has 2 aromatic rings. The highest BCUT2D eigenvalue weighted by atomic mass is 16.7. The quantitative estimate of drug-likeness (QED) is 0.0545. The van der Waals surface area contributed by atoms with Gasteiger partial charge in [-0.2, -0.15) is 0 Å². The van der Waals surface area contributed by atoms with Gasteiger partial charge in [0.2, 0.25) is 0 Å². The maximum absolute atomic E-state index is 14.2. The van der Waals surface area contributed by atoms with Crippen molar-refractivity contribution in [2.75, 3.05) is 25.6 Å². The van der Waals surface area contributed by atoms with Gasteiger partial charge >= 0.3 is 11.8 Å². The van der Waals surface area contributed by atoms with Crippen molar-refractivity contribution in [2.24, 2.45) is 28.8 Å². The first-order chi connectivity index (χ1) is 26.3. The Morgan fingerprint density at radius 3 is 2.29 bits per heavy atom. The number of phenols is 3. The van der Waals surface area contributed by atoms with Crippen LogP contribution in [0.1, 0.15) is 70.0 Å². The summed E-state index contributed by atoms with van der Waals surface area (Å²) in [5, 5.41) is 72.3. The zero-order valence-corrected chi connectivity index (χ0v) is 32.9. The van der Waals surface area contributed by atoms with Gasteiger partial charge in [-0.05, 0) is 19.9 Å². The van der Waals surface area contributed by atoms with E-state index in [1.165, 1.54) is 53.0 Å². The number of ether oxygens (including phenoxy) is 4. The minimum absolute atomic E-state index is 0.00857. The number of benzene rings is 2. The van der Waals surface area contributed by atoms with E-state index < -0.39 is 101 Å². The van der Waals surface area contributed by atoms with Crippen molar-refractivity contribution in [1.82, 2.24) is 0 Å². The molecule has 56 heavy (non-hydrogen) atoms. The Labute approximate surface area is 324 Å². The molecule has 3 heterocycles. The first-order valence-electron chi connectivity index (χ1n) is 18.2. The van der Waals surface area contributed by atoms with Gasteiger partial charge in [-0.3, -0.25) is 14.4 Å². The molecule has 3 aliphatic rings. The lowest BCUT2D eigenvalue weighted by atomic mass is 9.78. The summed E-state index contributed by atoms with van der Waals surface area (Å²) < 4.78 is 23.4. The number of amides is 1. The predicted octanol–water partition coefficient (Wildman–Crippen LogP) is 4.10. The molecule has 3 aliphatic heterocycles. The van der Waals surface area contributed by atoms with Crippen LogP contribution in [-0.4, -0.2) is 105 Å². The molecule has 0 aliphatic carbocycles. The summed E-state index contributed by atoms with van der Waals surface area (Å²) in [6.07, 6.45) is 4.24. The maximum Gasteiger partial charge on any atom is 0.312 e. The highest BCUT2D eigenvalue weighted by molar-refractivity contribution is 6.23. The maximum atomic E-state index is 14.2. The normalized spacial score (nSPS) is 31.0. The molecule has 5 rings (SSSR count). The van der Waals surface area contributed by atoms with E-state index >= 15 is 0 Å². The van der Waals surface area contributed by atoms with E-state index in [1.54, 1.807) is 33.8 Å². The van der Waals surface area contributed by atoms with Crippen LogP contribution in [0.2, 0.25) is 0 Å². The second-order valence-corrected chi connectivity index (χ2v) is 14.4. The van der Waals surface area contributed by atoms with Crippen molar-refractivity contribution in [3.8, 4) is 23.0 Å². The molecule has 16 nitrogen and oxygen atoms in total. The predicted molar refractivity (Wildman–Crippen MR) is 204 cm³/mol. The second kappa shape index (κ2) is 17.7. The van der Waals surface area contributed by atoms with Crippen molar-refractivity contribution in [3.05, 3.63) is 52.8 Å². The standard InChI is InChI=1S/C40H52N2O14/c1-18-11-10-12-19(2)39(51)42-30-25(17-41-54-16-14-43)34(48)27-28(35(30)49)33(47)23(6)37-29(27)38(50)40(8,56-37)53-15-13-26(52-9)20(3)36(55-24(7)44)22(5)32(46)21(4)31(18)45/h10-13,15,17-18,20-22,26,31-32,36,43,45-49H,14,16H2,1-9H3,(H,42,51)/b11-10+,15-13+,19-12-,41-17+/t18-,20+,21+,22+,26-,31-,32+,36+,40-/m0/s1. The lowest BCUT2D eigenvalue weighted by Gasteiger charge is -2.38. The number of nitrogens with one attached hydrogen (secondary N) is 1. The number of aromatic hydroxyl groups is 3. The first kappa shape index (κ1) is 43.6. The molecule has 0 saturated heterocycles. The number of allylic oxidation sites excluding steroid dienone is 2. The van der Waals surface area contributed by atoms with Crippen LogP contribution < -0.4 is 10.1 Å². The number of nitrogens with zero attached hydrogens (tertiary/aromatic N) is 1. The van der Waals surface area contributed by atoms with E-state index in [9.17, 15) is 39.9 Å². The van der Waals surface area contributed by atoms with Gasteiger partial charge in [-0.25, -0.2) is 0 Å². The fourth-order valence-corrected chi connectivity index (χ4v) is 7.06. The lowest BCUT2D eigenvalue weighted by Crippen LogP contribution is -2.46. The minimum Gasteiger partial charge on any atom is -0.507 e. The van der Waals surface area contributed by atoms with Gasteiger partial charge in [0.25, 0.3) is 11.7 Å². The van der Waals surface area contributed by atoms with Gasteiger partial charge in [0.1, 0.15) is 30.0 Å². The number of fused-ring (bicyclic) bond motifs is 14. The Kier molecular flexibility index (Phi) is 13.8. The number of anilines is 1. The van der Waals surface area contributed by atoms with Crippen LogP contribution in [0.5, 0.6) is 23.0 Å². The zero-order chi connectivity index (χ0) is 41.8. The van der Waals surface area contributed by atoms with Gasteiger partial charge in [0, 0.05) is 61.2 Å². The number of hydrogen-bond donors (Lipinski definition) is 7. The van der Waals surface area contributed by atoms with Crippen LogP contribution in [-0.2, 0) is 28.6 Å². The van der Waals surface area contributed by atoms with Crippen LogP contribution in [0, 0.1) is 30.6 Å². The topological polar surface area (TPSA) is 243 Å². The Bertz CT molecular complexity index is 1950. The summed E-state index contributed by atoms with van der Waals surface area (Å²) in [5.41, 5.74) is -0.836. The van der Waals surface area contributed by atoms with Gasteiger partial charge in [-0.15, -0.1) is 0 Å². The molecule has 9 atom stereocenters. The summed E-state index contributed by atoms with van der Waals surface area (Å²) in [6, 6.07) is 0. The number of aliphatic hydroxyl groups excluding tert-OH is 3. The van der Waals surface area contributed by atoms with E-state index in [-0.39, 0.29) is 45.4 Å². The molecule has 0 unspecified atom stereocenters. The molecule has 0 fully saturated rings. The Balaban J connectivity index is 1.97. The number of carbonyl (C=O) groups excluding carboxylic acids is 3. The largest absolute Gasteiger partial charge is 0.507 e. The molecule has 7 N–H and O–H groups in total. The first-order valence-corrected chi connectivity index (χ1v) is 18.2. The zero-order valence-electron chi connectivity index (χ0n) is 32.9. The molecule has 1 amide bonds. The summed E-state index contributed by atoms with van der Waals surface area (Å²) in [5.74, 6) is -8.94. The number of phenolic OH excluding ortho intramolecular Hbond substituents is 3. The van der Waals surface area contributed by atoms with Crippen LogP contribution >= 0.6 is 0 Å². The van der Waals surface area contributed by atoms with Crippen molar-refractivity contribution in [1.29, 1.82) is 0 Å². The van der Waals surface area contributed by atoms with Crippen molar-refractivity contribution in [3.63, 3.8) is 0 Å². The Morgan fingerprint density at radius 2 is 1.66 bits per heavy atom. The van der Waals surface area contributed by atoms with Crippen LogP contribution in [0.25, 0.3) is 10.8 Å². The van der Waals surface area contributed by atoms with E-state index in [2.05, 4.69) is 10.5 Å². The smallest absolute Gasteiger partial charge is 0.312 e. The number of methoxy groups -OCH3 is 1. The monoisotopic (exact) mass is 784 g/mol. The van der Waals surface area contributed by atoms with Crippen molar-refractivity contribution < 1.29 is 68.8 Å². The molecular weight excluding hydrogens is 732 g/mol. The number of Topliss-reactive ketones (excluding diaryl/α,β-unsaturated/α-hetero) is 1. The molecule has 0 aromatic heterocycles. The molecule has 0 radical (unpaired) electrons. The van der Waals surface area contributed by atoms with Crippen molar-refractivity contribution >= 4 is 40.3 Å². The van der Waals surface area contributed by atoms with Crippen LogP contribution in [0.4, 0.5) is 5.69 Å². The number of rotatable bonds is 6. The number of esters is 1.